The number of amides is 1. The molecule has 0 atom stereocenters. The molecule has 1 amide bonds. The van der Waals surface area contributed by atoms with E-state index < -0.39 is 5.41 Å². The summed E-state index contributed by atoms with van der Waals surface area (Å²) in [6.07, 6.45) is 7.19. The minimum absolute atomic E-state index is 0.186. The van der Waals surface area contributed by atoms with Crippen molar-refractivity contribution < 1.29 is 4.79 Å². The third kappa shape index (κ3) is 2.99. The van der Waals surface area contributed by atoms with E-state index in [0.29, 0.717) is 17.6 Å². The first-order valence-electron chi connectivity index (χ1n) is 7.77. The minimum atomic E-state index is -0.576. The summed E-state index contributed by atoms with van der Waals surface area (Å²) >= 11 is 7.02. The highest BCUT2D eigenvalue weighted by Crippen LogP contribution is 2.41. The SMILES string of the molecule is NC(=S)C1(C(=O)N(Cc2cccs2)C2CC2)CCCCC1. The smallest absolute Gasteiger partial charge is 0.236 e. The molecular weight excluding hydrogens is 300 g/mol. The normalized spacial score (nSPS) is 21.0. The predicted molar refractivity (Wildman–Crippen MR) is 90.2 cm³/mol. The Balaban J connectivity index is 1.83. The highest BCUT2D eigenvalue weighted by molar-refractivity contribution is 7.80. The van der Waals surface area contributed by atoms with Crippen LogP contribution in [0.4, 0.5) is 0 Å². The number of hydrogen-bond donors (Lipinski definition) is 1. The van der Waals surface area contributed by atoms with E-state index in [0.717, 1.165) is 38.5 Å². The molecular formula is C16H22N2OS2. The van der Waals surface area contributed by atoms with Crippen molar-refractivity contribution in [1.82, 2.24) is 4.90 Å². The molecule has 5 heteroatoms. The summed E-state index contributed by atoms with van der Waals surface area (Å²) in [5, 5.41) is 2.06. The summed E-state index contributed by atoms with van der Waals surface area (Å²) in [7, 11) is 0. The van der Waals surface area contributed by atoms with Gasteiger partial charge in [-0.25, -0.2) is 0 Å². The van der Waals surface area contributed by atoms with Gasteiger partial charge in [-0.05, 0) is 37.1 Å². The molecule has 0 spiro atoms. The van der Waals surface area contributed by atoms with Crippen LogP contribution in [-0.2, 0) is 11.3 Å². The molecule has 0 radical (unpaired) electrons. The van der Waals surface area contributed by atoms with E-state index in [9.17, 15) is 4.79 Å². The number of rotatable bonds is 5. The molecule has 2 N–H and O–H groups in total. The van der Waals surface area contributed by atoms with Crippen molar-refractivity contribution >= 4 is 34.5 Å². The summed E-state index contributed by atoms with van der Waals surface area (Å²) in [6, 6.07) is 4.54. The van der Waals surface area contributed by atoms with E-state index >= 15 is 0 Å². The Bertz CT molecular complexity index is 516. The molecule has 3 rings (SSSR count). The fourth-order valence-electron chi connectivity index (χ4n) is 3.32. The van der Waals surface area contributed by atoms with Gasteiger partial charge in [-0.15, -0.1) is 11.3 Å². The molecule has 1 heterocycles. The number of carbonyl (C=O) groups is 1. The molecule has 0 aromatic carbocycles. The molecule has 0 aliphatic heterocycles. The van der Waals surface area contributed by atoms with Gasteiger partial charge in [0.25, 0.3) is 0 Å². The van der Waals surface area contributed by atoms with Gasteiger partial charge in [0.2, 0.25) is 5.91 Å². The predicted octanol–water partition coefficient (Wildman–Crippen LogP) is 3.48. The minimum Gasteiger partial charge on any atom is -0.392 e. The first kappa shape index (κ1) is 15.0. The van der Waals surface area contributed by atoms with Crippen LogP contribution in [0.2, 0.25) is 0 Å². The van der Waals surface area contributed by atoms with Crippen LogP contribution in [0.3, 0.4) is 0 Å². The molecule has 114 valence electrons. The van der Waals surface area contributed by atoms with Crippen molar-refractivity contribution in [3.8, 4) is 0 Å². The maximum atomic E-state index is 13.2. The molecule has 1 aromatic heterocycles. The maximum Gasteiger partial charge on any atom is 0.236 e. The summed E-state index contributed by atoms with van der Waals surface area (Å²) in [6.45, 7) is 0.714. The fourth-order valence-corrected chi connectivity index (χ4v) is 4.31. The van der Waals surface area contributed by atoms with Crippen molar-refractivity contribution in [2.75, 3.05) is 0 Å². The van der Waals surface area contributed by atoms with Crippen molar-refractivity contribution in [3.63, 3.8) is 0 Å². The lowest BCUT2D eigenvalue weighted by Crippen LogP contribution is -2.52. The third-order valence-electron chi connectivity index (χ3n) is 4.74. The van der Waals surface area contributed by atoms with Crippen LogP contribution in [0, 0.1) is 5.41 Å². The van der Waals surface area contributed by atoms with Gasteiger partial charge in [-0.2, -0.15) is 0 Å². The molecule has 2 fully saturated rings. The average molecular weight is 322 g/mol. The van der Waals surface area contributed by atoms with E-state index in [1.165, 1.54) is 11.3 Å². The quantitative estimate of drug-likeness (QED) is 0.844. The van der Waals surface area contributed by atoms with E-state index in [1.807, 2.05) is 6.07 Å². The standard InChI is InChI=1S/C16H22N2OS2/c17-14(20)16(8-2-1-3-9-16)15(19)18(12-6-7-12)11-13-5-4-10-21-13/h4-5,10,12H,1-3,6-9,11H2,(H2,17,20). The maximum absolute atomic E-state index is 13.2. The van der Waals surface area contributed by atoms with E-state index in [4.69, 9.17) is 18.0 Å². The highest BCUT2D eigenvalue weighted by Gasteiger charge is 2.47. The van der Waals surface area contributed by atoms with E-state index in [-0.39, 0.29) is 5.91 Å². The highest BCUT2D eigenvalue weighted by atomic mass is 32.1. The topological polar surface area (TPSA) is 46.3 Å². The molecule has 2 aliphatic rings. The second-order valence-corrected chi connectivity index (χ2v) is 7.72. The third-order valence-corrected chi connectivity index (χ3v) is 5.99. The van der Waals surface area contributed by atoms with Gasteiger partial charge in [-0.3, -0.25) is 4.79 Å². The Morgan fingerprint density at radius 1 is 1.38 bits per heavy atom. The van der Waals surface area contributed by atoms with Gasteiger partial charge in [0.05, 0.1) is 16.9 Å². The number of thiocarbonyl (C=S) groups is 1. The number of carbonyl (C=O) groups excluding carboxylic acids is 1. The summed E-state index contributed by atoms with van der Waals surface area (Å²) in [4.78, 5) is 16.9. The Kier molecular flexibility index (Phi) is 4.31. The van der Waals surface area contributed by atoms with E-state index in [1.54, 1.807) is 11.3 Å². The van der Waals surface area contributed by atoms with Crippen molar-refractivity contribution in [1.29, 1.82) is 0 Å². The lowest BCUT2D eigenvalue weighted by molar-refractivity contribution is -0.141. The number of thiophene rings is 1. The van der Waals surface area contributed by atoms with Crippen molar-refractivity contribution in [2.45, 2.75) is 57.5 Å². The van der Waals surface area contributed by atoms with Crippen LogP contribution in [0.5, 0.6) is 0 Å². The van der Waals surface area contributed by atoms with Crippen LogP contribution in [-0.4, -0.2) is 21.8 Å². The lowest BCUT2D eigenvalue weighted by atomic mass is 9.72. The van der Waals surface area contributed by atoms with Gasteiger partial charge in [0, 0.05) is 10.9 Å². The van der Waals surface area contributed by atoms with Crippen LogP contribution >= 0.6 is 23.6 Å². The van der Waals surface area contributed by atoms with Gasteiger partial charge >= 0.3 is 0 Å². The zero-order valence-corrected chi connectivity index (χ0v) is 13.8. The van der Waals surface area contributed by atoms with E-state index in [2.05, 4.69) is 16.3 Å². The molecule has 0 saturated heterocycles. The van der Waals surface area contributed by atoms with Crippen molar-refractivity contribution in [2.24, 2.45) is 11.1 Å². The van der Waals surface area contributed by atoms with Gasteiger partial charge in [0.1, 0.15) is 0 Å². The Labute approximate surface area is 135 Å². The first-order valence-corrected chi connectivity index (χ1v) is 9.06. The Hall–Kier alpha value is -0.940. The van der Waals surface area contributed by atoms with Crippen LogP contribution in [0.15, 0.2) is 17.5 Å². The van der Waals surface area contributed by atoms with Crippen LogP contribution in [0.25, 0.3) is 0 Å². The van der Waals surface area contributed by atoms with Crippen LogP contribution < -0.4 is 5.73 Å². The van der Waals surface area contributed by atoms with Crippen molar-refractivity contribution in [3.05, 3.63) is 22.4 Å². The number of nitrogens with two attached hydrogens (primary N) is 1. The number of hydrogen-bond acceptors (Lipinski definition) is 3. The molecule has 0 unspecified atom stereocenters. The van der Waals surface area contributed by atoms with Crippen LogP contribution in [0.1, 0.15) is 49.8 Å². The molecule has 3 nitrogen and oxygen atoms in total. The average Bonchev–Trinajstić information content (AvgIpc) is 3.21. The summed E-state index contributed by atoms with van der Waals surface area (Å²) in [5.41, 5.74) is 5.45. The first-order chi connectivity index (χ1) is 10.1. The zero-order valence-electron chi connectivity index (χ0n) is 12.2. The molecule has 2 saturated carbocycles. The fraction of sp³-hybridized carbons (Fsp3) is 0.625. The van der Waals surface area contributed by atoms with Gasteiger partial charge in [0.15, 0.2) is 0 Å². The van der Waals surface area contributed by atoms with Gasteiger partial charge < -0.3 is 10.6 Å². The molecule has 21 heavy (non-hydrogen) atoms. The summed E-state index contributed by atoms with van der Waals surface area (Å²) in [5.74, 6) is 0.186. The largest absolute Gasteiger partial charge is 0.392 e. The second kappa shape index (κ2) is 6.05. The van der Waals surface area contributed by atoms with Gasteiger partial charge in [-0.1, -0.05) is 37.5 Å². The summed E-state index contributed by atoms with van der Waals surface area (Å²) < 4.78 is 0. The molecule has 0 bridgehead atoms. The monoisotopic (exact) mass is 322 g/mol. The number of nitrogens with zero attached hydrogens (tertiary/aromatic N) is 1. The Morgan fingerprint density at radius 3 is 2.62 bits per heavy atom. The second-order valence-electron chi connectivity index (χ2n) is 6.25. The Morgan fingerprint density at radius 2 is 2.10 bits per heavy atom. The molecule has 2 aliphatic carbocycles. The lowest BCUT2D eigenvalue weighted by Gasteiger charge is -2.39. The zero-order chi connectivity index (χ0) is 14.9. The molecule has 1 aromatic rings.